The minimum absolute atomic E-state index is 0.0105. The number of phenols is 1. The molecule has 0 aliphatic carbocycles. The molecule has 1 aromatic carbocycles. The highest BCUT2D eigenvalue weighted by atomic mass is 16.6. The van der Waals surface area contributed by atoms with Crippen molar-refractivity contribution >= 4 is 16.8 Å². The number of carbonyl (C=O) groups is 1. The first-order chi connectivity index (χ1) is 13.6. The summed E-state index contributed by atoms with van der Waals surface area (Å²) in [5, 5.41) is 10.1. The number of aromatic hydroxyl groups is 1. The van der Waals surface area contributed by atoms with Crippen LogP contribution in [0.4, 0.5) is 0 Å². The zero-order valence-corrected chi connectivity index (χ0v) is 17.7. The molecule has 154 valence electrons. The highest BCUT2D eigenvalue weighted by molar-refractivity contribution is 6.00. The van der Waals surface area contributed by atoms with E-state index in [9.17, 15) is 14.7 Å². The van der Waals surface area contributed by atoms with E-state index in [4.69, 9.17) is 9.15 Å². The lowest BCUT2D eigenvalue weighted by atomic mass is 9.83. The number of benzene rings is 1. The van der Waals surface area contributed by atoms with Crippen LogP contribution in [0.25, 0.3) is 11.0 Å². The summed E-state index contributed by atoms with van der Waals surface area (Å²) in [6, 6.07) is 4.49. The van der Waals surface area contributed by atoms with E-state index in [0.29, 0.717) is 16.5 Å². The van der Waals surface area contributed by atoms with Crippen molar-refractivity contribution in [2.24, 2.45) is 0 Å². The molecular formula is C24H28O5. The average Bonchev–Trinajstić information content (AvgIpc) is 2.84. The van der Waals surface area contributed by atoms with Gasteiger partial charge in [0.1, 0.15) is 16.9 Å². The summed E-state index contributed by atoms with van der Waals surface area (Å²) in [6.07, 6.45) is 5.63. The summed E-state index contributed by atoms with van der Waals surface area (Å²) in [4.78, 5) is 24.8. The van der Waals surface area contributed by atoms with Crippen LogP contribution >= 0.6 is 0 Å². The van der Waals surface area contributed by atoms with Crippen molar-refractivity contribution in [2.45, 2.75) is 65.4 Å². The minimum Gasteiger partial charge on any atom is -0.508 e. The van der Waals surface area contributed by atoms with Gasteiger partial charge in [-0.1, -0.05) is 18.1 Å². The summed E-state index contributed by atoms with van der Waals surface area (Å²) < 4.78 is 11.9. The van der Waals surface area contributed by atoms with Crippen LogP contribution in [0.1, 0.15) is 65.4 Å². The first-order valence-corrected chi connectivity index (χ1v) is 9.95. The van der Waals surface area contributed by atoms with E-state index in [1.807, 2.05) is 34.6 Å². The lowest BCUT2D eigenvalue weighted by molar-refractivity contribution is -0.110. The predicted molar refractivity (Wildman–Crippen MR) is 114 cm³/mol. The third kappa shape index (κ3) is 4.29. The summed E-state index contributed by atoms with van der Waals surface area (Å²) in [5.74, 6) is 0.174. The molecule has 29 heavy (non-hydrogen) atoms. The number of ketones is 1. The Morgan fingerprint density at radius 2 is 1.97 bits per heavy atom. The van der Waals surface area contributed by atoms with Crippen LogP contribution in [0.2, 0.25) is 0 Å². The highest BCUT2D eigenvalue weighted by Gasteiger charge is 2.45. The standard InChI is InChI=1S/C24H28O5/c1-14(2)11-18(26)12-15(3)7-6-10-24(5)16(4)21-22(27)19-9-8-17(25)13-20(19)28-23(21)29-24/h8-9,11-13,16,25H,6-7,10H2,1-5H3/b15-12+/t16-,24-/m1/s1. The van der Waals surface area contributed by atoms with Gasteiger partial charge in [-0.05, 0) is 71.2 Å². The van der Waals surface area contributed by atoms with Crippen molar-refractivity contribution in [1.82, 2.24) is 0 Å². The largest absolute Gasteiger partial charge is 0.508 e. The summed E-state index contributed by atoms with van der Waals surface area (Å²) in [7, 11) is 0. The highest BCUT2D eigenvalue weighted by Crippen LogP contribution is 2.46. The molecule has 1 aromatic heterocycles. The Bertz CT molecular complexity index is 1070. The van der Waals surface area contributed by atoms with E-state index >= 15 is 0 Å². The molecule has 2 heterocycles. The molecule has 0 saturated heterocycles. The fourth-order valence-electron chi connectivity index (χ4n) is 3.86. The van der Waals surface area contributed by atoms with Crippen molar-refractivity contribution in [3.63, 3.8) is 0 Å². The smallest absolute Gasteiger partial charge is 0.293 e. The molecule has 2 aromatic rings. The lowest BCUT2D eigenvalue weighted by Crippen LogP contribution is -2.33. The Labute approximate surface area is 170 Å². The van der Waals surface area contributed by atoms with E-state index in [2.05, 4.69) is 0 Å². The molecule has 0 spiro atoms. The van der Waals surface area contributed by atoms with E-state index in [1.165, 1.54) is 12.1 Å². The molecule has 0 unspecified atom stereocenters. The minimum atomic E-state index is -0.561. The number of rotatable bonds is 6. The summed E-state index contributed by atoms with van der Waals surface area (Å²) in [5.41, 5.74) is 2.21. The van der Waals surface area contributed by atoms with Gasteiger partial charge in [-0.15, -0.1) is 0 Å². The van der Waals surface area contributed by atoms with Crippen molar-refractivity contribution < 1.29 is 19.1 Å². The van der Waals surface area contributed by atoms with Gasteiger partial charge in [-0.3, -0.25) is 9.59 Å². The van der Waals surface area contributed by atoms with Crippen LogP contribution in [0.3, 0.4) is 0 Å². The third-order valence-corrected chi connectivity index (χ3v) is 5.62. The van der Waals surface area contributed by atoms with Crippen LogP contribution in [-0.4, -0.2) is 16.5 Å². The van der Waals surface area contributed by atoms with Gasteiger partial charge in [0.25, 0.3) is 5.95 Å². The van der Waals surface area contributed by atoms with E-state index in [0.717, 1.165) is 30.4 Å². The number of phenolic OH excluding ortho intramolecular Hbond substituents is 1. The number of allylic oxidation sites excluding steroid dienone is 4. The van der Waals surface area contributed by atoms with Gasteiger partial charge in [0.15, 0.2) is 11.2 Å². The van der Waals surface area contributed by atoms with E-state index in [1.54, 1.807) is 18.2 Å². The molecule has 3 rings (SSSR count). The molecule has 0 saturated carbocycles. The average molecular weight is 396 g/mol. The van der Waals surface area contributed by atoms with Gasteiger partial charge in [-0.25, -0.2) is 0 Å². The number of hydrogen-bond donors (Lipinski definition) is 1. The van der Waals surface area contributed by atoms with Gasteiger partial charge in [0.2, 0.25) is 0 Å². The number of carbonyl (C=O) groups excluding carboxylic acids is 1. The molecule has 5 heteroatoms. The molecule has 1 N–H and O–H groups in total. The number of ether oxygens (including phenoxy) is 1. The predicted octanol–water partition coefficient (Wildman–Crippen LogP) is 5.41. The van der Waals surface area contributed by atoms with Crippen molar-refractivity contribution in [3.05, 3.63) is 57.3 Å². The summed E-state index contributed by atoms with van der Waals surface area (Å²) in [6.45, 7) is 9.73. The van der Waals surface area contributed by atoms with Crippen LogP contribution in [-0.2, 0) is 4.79 Å². The van der Waals surface area contributed by atoms with Crippen LogP contribution in [0, 0.1) is 0 Å². The fourth-order valence-corrected chi connectivity index (χ4v) is 3.86. The monoisotopic (exact) mass is 396 g/mol. The molecule has 0 amide bonds. The maximum absolute atomic E-state index is 12.9. The second-order valence-corrected chi connectivity index (χ2v) is 8.42. The van der Waals surface area contributed by atoms with Gasteiger partial charge in [-0.2, -0.15) is 0 Å². The molecular weight excluding hydrogens is 368 g/mol. The number of fused-ring (bicyclic) bond motifs is 2. The number of hydrogen-bond acceptors (Lipinski definition) is 5. The van der Waals surface area contributed by atoms with Crippen molar-refractivity contribution in [3.8, 4) is 11.7 Å². The lowest BCUT2D eigenvalue weighted by Gasteiger charge is -2.28. The van der Waals surface area contributed by atoms with E-state index in [-0.39, 0.29) is 28.8 Å². The molecule has 0 bridgehead atoms. The molecule has 1 aliphatic rings. The van der Waals surface area contributed by atoms with Gasteiger partial charge in [0, 0.05) is 12.0 Å². The first kappa shape index (κ1) is 20.9. The quantitative estimate of drug-likeness (QED) is 0.661. The molecule has 2 atom stereocenters. The zero-order valence-electron chi connectivity index (χ0n) is 17.7. The van der Waals surface area contributed by atoms with Gasteiger partial charge in [0.05, 0.1) is 10.9 Å². The normalized spacial score (nSPS) is 21.0. The third-order valence-electron chi connectivity index (χ3n) is 5.62. The van der Waals surface area contributed by atoms with Crippen molar-refractivity contribution in [1.29, 1.82) is 0 Å². The molecule has 0 fully saturated rings. The molecule has 5 nitrogen and oxygen atoms in total. The zero-order chi connectivity index (χ0) is 21.3. The molecule has 1 aliphatic heterocycles. The van der Waals surface area contributed by atoms with Crippen LogP contribution in [0.15, 0.2) is 50.7 Å². The first-order valence-electron chi connectivity index (χ1n) is 9.95. The Balaban J connectivity index is 1.76. The van der Waals surface area contributed by atoms with E-state index < -0.39 is 5.60 Å². The second-order valence-electron chi connectivity index (χ2n) is 8.42. The Hall–Kier alpha value is -2.82. The molecule has 0 radical (unpaired) electrons. The van der Waals surface area contributed by atoms with Crippen LogP contribution in [0.5, 0.6) is 11.7 Å². The second kappa shape index (κ2) is 7.90. The maximum atomic E-state index is 12.9. The van der Waals surface area contributed by atoms with Crippen molar-refractivity contribution in [2.75, 3.05) is 0 Å². The fraction of sp³-hybridized carbons (Fsp3) is 0.417. The van der Waals surface area contributed by atoms with Crippen LogP contribution < -0.4 is 10.2 Å². The maximum Gasteiger partial charge on any atom is 0.293 e. The Kier molecular flexibility index (Phi) is 5.69. The topological polar surface area (TPSA) is 76.7 Å². The summed E-state index contributed by atoms with van der Waals surface area (Å²) >= 11 is 0. The van der Waals surface area contributed by atoms with Gasteiger partial charge >= 0.3 is 0 Å². The Morgan fingerprint density at radius 3 is 2.66 bits per heavy atom. The van der Waals surface area contributed by atoms with Gasteiger partial charge < -0.3 is 14.3 Å². The SMILES string of the molecule is CC(C)=CC(=O)/C=C(\C)CCC[C@@]1(C)Oc2oc3cc(O)ccc3c(=O)c2[C@H]1C. The Morgan fingerprint density at radius 1 is 1.24 bits per heavy atom.